The van der Waals surface area contributed by atoms with E-state index in [9.17, 15) is 0 Å². The van der Waals surface area contributed by atoms with Crippen molar-refractivity contribution in [1.29, 1.82) is 0 Å². The molecule has 0 fully saturated rings. The maximum atomic E-state index is 5.90. The second kappa shape index (κ2) is 13.0. The predicted octanol–water partition coefficient (Wildman–Crippen LogP) is 3.72. The van der Waals surface area contributed by atoms with Crippen LogP contribution in [0.2, 0.25) is 0 Å². The van der Waals surface area contributed by atoms with Crippen molar-refractivity contribution in [2.45, 2.75) is 26.0 Å². The third kappa shape index (κ3) is 7.42. The van der Waals surface area contributed by atoms with Gasteiger partial charge in [0, 0.05) is 45.3 Å². The average molecular weight is 520 g/mol. The molecule has 2 heterocycles. The number of nitrogens with zero attached hydrogens (tertiary/aromatic N) is 4. The van der Waals surface area contributed by atoms with Gasteiger partial charge in [-0.05, 0) is 30.5 Å². The van der Waals surface area contributed by atoms with Crippen LogP contribution in [0.1, 0.15) is 30.6 Å². The van der Waals surface area contributed by atoms with E-state index in [1.54, 1.807) is 19.6 Å². The molecule has 0 amide bonds. The zero-order chi connectivity index (χ0) is 20.3. The largest absolute Gasteiger partial charge is 0.374 e. The van der Waals surface area contributed by atoms with Crippen LogP contribution in [-0.2, 0) is 11.3 Å². The summed E-state index contributed by atoms with van der Waals surface area (Å²) < 4.78 is 7.77. The number of benzene rings is 1. The number of aliphatic imine (C=N–C) groups is 1. The molecule has 1 unspecified atom stereocenters. The van der Waals surface area contributed by atoms with Crippen molar-refractivity contribution < 1.29 is 4.74 Å². The summed E-state index contributed by atoms with van der Waals surface area (Å²) in [4.78, 5) is 12.8. The Morgan fingerprint density at radius 1 is 1.17 bits per heavy atom. The van der Waals surface area contributed by atoms with Gasteiger partial charge in [0.25, 0.3) is 0 Å². The van der Waals surface area contributed by atoms with Crippen LogP contribution < -0.4 is 10.6 Å². The van der Waals surface area contributed by atoms with Gasteiger partial charge in [-0.15, -0.1) is 24.0 Å². The summed E-state index contributed by atoms with van der Waals surface area (Å²) in [7, 11) is 1.77. The third-order valence-electron chi connectivity index (χ3n) is 4.51. The van der Waals surface area contributed by atoms with E-state index >= 15 is 0 Å². The molecule has 2 aromatic heterocycles. The lowest BCUT2D eigenvalue weighted by atomic mass is 10.1. The highest BCUT2D eigenvalue weighted by Crippen LogP contribution is 2.15. The zero-order valence-corrected chi connectivity index (χ0v) is 19.7. The Hall–Kier alpha value is -2.46. The van der Waals surface area contributed by atoms with Gasteiger partial charge < -0.3 is 15.4 Å². The number of imidazole rings is 1. The molecule has 160 valence electrons. The summed E-state index contributed by atoms with van der Waals surface area (Å²) in [5.41, 5.74) is 2.28. The van der Waals surface area contributed by atoms with E-state index in [0.29, 0.717) is 13.2 Å². The molecule has 0 radical (unpaired) electrons. The van der Waals surface area contributed by atoms with Gasteiger partial charge in [-0.2, -0.15) is 0 Å². The van der Waals surface area contributed by atoms with Crippen LogP contribution in [0.4, 0.5) is 0 Å². The second-order valence-electron chi connectivity index (χ2n) is 6.62. The number of halogens is 1. The van der Waals surface area contributed by atoms with Crippen molar-refractivity contribution in [2.24, 2.45) is 4.99 Å². The smallest absolute Gasteiger partial charge is 0.191 e. The molecule has 3 rings (SSSR count). The molecule has 1 aromatic carbocycles. The number of guanidine groups is 1. The SMILES string of the molecule is CN=C(NCCCOC(C)c1ccccc1)NCc1ccc(-n2ccnc2)nc1.I. The van der Waals surface area contributed by atoms with Crippen LogP contribution >= 0.6 is 24.0 Å². The molecule has 3 aromatic rings. The maximum absolute atomic E-state index is 5.90. The molecule has 1 atom stereocenters. The maximum Gasteiger partial charge on any atom is 0.191 e. The van der Waals surface area contributed by atoms with Gasteiger partial charge in [0.15, 0.2) is 5.96 Å². The highest BCUT2D eigenvalue weighted by molar-refractivity contribution is 14.0. The molecule has 7 nitrogen and oxygen atoms in total. The fraction of sp³-hybridized carbons (Fsp3) is 0.318. The van der Waals surface area contributed by atoms with E-state index in [2.05, 4.69) is 44.7 Å². The van der Waals surface area contributed by atoms with Crippen LogP contribution in [0.3, 0.4) is 0 Å². The summed E-state index contributed by atoms with van der Waals surface area (Å²) in [6.07, 6.45) is 8.20. The quantitative estimate of drug-likeness (QED) is 0.195. The van der Waals surface area contributed by atoms with Crippen LogP contribution in [-0.4, -0.2) is 40.7 Å². The molecule has 0 spiro atoms. The standard InChI is InChI=1S/C22H28N6O.HI/c1-18(20-7-4-3-5-8-20)29-14-6-11-25-22(23-2)27-16-19-9-10-21(26-15-19)28-13-12-24-17-28;/h3-5,7-10,12-13,15,17-18H,6,11,14,16H2,1-2H3,(H2,23,25,27);1H. The first-order valence-electron chi connectivity index (χ1n) is 9.80. The Labute approximate surface area is 195 Å². The van der Waals surface area contributed by atoms with Gasteiger partial charge in [-0.25, -0.2) is 9.97 Å². The molecule has 0 aliphatic heterocycles. The van der Waals surface area contributed by atoms with E-state index in [1.807, 2.05) is 47.3 Å². The molecule has 0 saturated heterocycles. The molecular formula is C22H29IN6O. The normalized spacial score (nSPS) is 12.1. The first kappa shape index (κ1) is 23.8. The van der Waals surface area contributed by atoms with Crippen molar-refractivity contribution >= 4 is 29.9 Å². The van der Waals surface area contributed by atoms with Crippen molar-refractivity contribution in [3.05, 3.63) is 78.5 Å². The Kier molecular flexibility index (Phi) is 10.3. The number of pyridine rings is 1. The Morgan fingerprint density at radius 2 is 2.00 bits per heavy atom. The van der Waals surface area contributed by atoms with Crippen molar-refractivity contribution in [3.8, 4) is 5.82 Å². The lowest BCUT2D eigenvalue weighted by molar-refractivity contribution is 0.0646. The van der Waals surface area contributed by atoms with Gasteiger partial charge in [0.05, 0.1) is 6.10 Å². The van der Waals surface area contributed by atoms with Gasteiger partial charge in [0.2, 0.25) is 0 Å². The van der Waals surface area contributed by atoms with Gasteiger partial charge in [-0.3, -0.25) is 9.56 Å². The number of rotatable bonds is 9. The highest BCUT2D eigenvalue weighted by atomic mass is 127. The summed E-state index contributed by atoms with van der Waals surface area (Å²) in [5, 5.41) is 6.62. The van der Waals surface area contributed by atoms with E-state index in [0.717, 1.165) is 30.3 Å². The summed E-state index contributed by atoms with van der Waals surface area (Å²) in [6, 6.07) is 14.3. The zero-order valence-electron chi connectivity index (χ0n) is 17.4. The average Bonchev–Trinajstić information content (AvgIpc) is 3.31. The van der Waals surface area contributed by atoms with E-state index in [-0.39, 0.29) is 30.1 Å². The molecular weight excluding hydrogens is 491 g/mol. The molecule has 2 N–H and O–H groups in total. The van der Waals surface area contributed by atoms with Gasteiger partial charge in [-0.1, -0.05) is 36.4 Å². The van der Waals surface area contributed by atoms with Gasteiger partial charge >= 0.3 is 0 Å². The number of nitrogens with one attached hydrogen (secondary N) is 2. The Bertz CT molecular complexity index is 868. The van der Waals surface area contributed by atoms with Crippen LogP contribution in [0.15, 0.2) is 72.4 Å². The predicted molar refractivity (Wildman–Crippen MR) is 130 cm³/mol. The third-order valence-corrected chi connectivity index (χ3v) is 4.51. The minimum Gasteiger partial charge on any atom is -0.374 e. The first-order valence-corrected chi connectivity index (χ1v) is 9.80. The topological polar surface area (TPSA) is 76.4 Å². The summed E-state index contributed by atoms with van der Waals surface area (Å²) in [5.74, 6) is 1.61. The van der Waals surface area contributed by atoms with Crippen LogP contribution in [0, 0.1) is 0 Å². The second-order valence-corrected chi connectivity index (χ2v) is 6.62. The minimum absolute atomic E-state index is 0. The van der Waals surface area contributed by atoms with E-state index in [4.69, 9.17) is 4.74 Å². The van der Waals surface area contributed by atoms with Crippen LogP contribution in [0.25, 0.3) is 5.82 Å². The van der Waals surface area contributed by atoms with Crippen LogP contribution in [0.5, 0.6) is 0 Å². The van der Waals surface area contributed by atoms with Crippen molar-refractivity contribution in [3.63, 3.8) is 0 Å². The fourth-order valence-corrected chi connectivity index (χ4v) is 2.83. The number of aromatic nitrogens is 3. The monoisotopic (exact) mass is 520 g/mol. The first-order chi connectivity index (χ1) is 14.3. The van der Waals surface area contributed by atoms with Crippen molar-refractivity contribution in [1.82, 2.24) is 25.2 Å². The highest BCUT2D eigenvalue weighted by Gasteiger charge is 2.05. The lowest BCUT2D eigenvalue weighted by Crippen LogP contribution is -2.37. The summed E-state index contributed by atoms with van der Waals surface area (Å²) in [6.45, 7) is 4.21. The molecule has 0 bridgehead atoms. The molecule has 0 saturated carbocycles. The Balaban J connectivity index is 0.00000320. The Morgan fingerprint density at radius 3 is 2.67 bits per heavy atom. The number of hydrogen-bond donors (Lipinski definition) is 2. The lowest BCUT2D eigenvalue weighted by Gasteiger charge is -2.15. The molecule has 8 heteroatoms. The molecule has 30 heavy (non-hydrogen) atoms. The van der Waals surface area contributed by atoms with E-state index < -0.39 is 0 Å². The molecule has 0 aliphatic rings. The van der Waals surface area contributed by atoms with E-state index in [1.165, 1.54) is 5.56 Å². The number of hydrogen-bond acceptors (Lipinski definition) is 4. The minimum atomic E-state index is 0. The fourth-order valence-electron chi connectivity index (χ4n) is 2.83. The van der Waals surface area contributed by atoms with Crippen molar-refractivity contribution in [2.75, 3.05) is 20.2 Å². The number of ether oxygens (including phenoxy) is 1. The van der Waals surface area contributed by atoms with Gasteiger partial charge in [0.1, 0.15) is 12.1 Å². The summed E-state index contributed by atoms with van der Waals surface area (Å²) >= 11 is 0. The molecule has 0 aliphatic carbocycles.